The van der Waals surface area contributed by atoms with Gasteiger partial charge in [0.05, 0.1) is 6.21 Å². The van der Waals surface area contributed by atoms with Crippen LogP contribution in [0.1, 0.15) is 21.9 Å². The van der Waals surface area contributed by atoms with Crippen molar-refractivity contribution in [2.45, 2.75) is 6.92 Å². The molecule has 3 aromatic rings. The lowest BCUT2D eigenvalue weighted by molar-refractivity contribution is 0.0950. The van der Waals surface area contributed by atoms with E-state index >= 15 is 0 Å². The number of benzene rings is 1. The van der Waals surface area contributed by atoms with E-state index in [0.717, 1.165) is 21.5 Å². The molecule has 0 atom stereocenters. The lowest BCUT2D eigenvalue weighted by Crippen LogP contribution is -2.17. The summed E-state index contributed by atoms with van der Waals surface area (Å²) < 4.78 is 6.67. The molecule has 116 valence electrons. The predicted octanol–water partition coefficient (Wildman–Crippen LogP) is 3.50. The summed E-state index contributed by atoms with van der Waals surface area (Å²) in [5.41, 5.74) is 4.46. The molecule has 1 aromatic carbocycles. The van der Waals surface area contributed by atoms with Gasteiger partial charge in [-0.15, -0.1) is 0 Å². The molecule has 7 heteroatoms. The van der Waals surface area contributed by atoms with Crippen molar-refractivity contribution in [3.63, 3.8) is 0 Å². The van der Waals surface area contributed by atoms with Crippen molar-refractivity contribution >= 4 is 28.1 Å². The number of amides is 1. The van der Waals surface area contributed by atoms with Crippen LogP contribution in [0, 0.1) is 6.92 Å². The van der Waals surface area contributed by atoms with Crippen LogP contribution in [0.15, 0.2) is 56.5 Å². The predicted molar refractivity (Wildman–Crippen MR) is 90.2 cm³/mol. The third kappa shape index (κ3) is 3.75. The Hall–Kier alpha value is -2.67. The van der Waals surface area contributed by atoms with Gasteiger partial charge in [-0.1, -0.05) is 28.1 Å². The molecule has 23 heavy (non-hydrogen) atoms. The first-order valence-electron chi connectivity index (χ1n) is 6.83. The summed E-state index contributed by atoms with van der Waals surface area (Å²) in [6.45, 7) is 1.82. The molecular weight excluding hydrogens is 360 g/mol. The maximum atomic E-state index is 11.8. The molecular formula is C16H13BrN4O2. The number of hydrogen-bond acceptors (Lipinski definition) is 4. The summed E-state index contributed by atoms with van der Waals surface area (Å²) in [5.74, 6) is 0.889. The van der Waals surface area contributed by atoms with Crippen molar-refractivity contribution < 1.29 is 9.21 Å². The number of carbonyl (C=O) groups is 1. The average molecular weight is 373 g/mol. The topological polar surface area (TPSA) is 83.3 Å². The molecule has 0 aliphatic carbocycles. The third-order valence-electron chi connectivity index (χ3n) is 3.05. The maximum Gasteiger partial charge on any atom is 0.291 e. The highest BCUT2D eigenvalue weighted by molar-refractivity contribution is 9.10. The van der Waals surface area contributed by atoms with Gasteiger partial charge >= 0.3 is 0 Å². The zero-order chi connectivity index (χ0) is 16.2. The number of aryl methyl sites for hydroxylation is 1. The number of aromatic nitrogens is 2. The average Bonchev–Trinajstić information content (AvgIpc) is 3.17. The Bertz CT molecular complexity index is 849. The van der Waals surface area contributed by atoms with Gasteiger partial charge in [0.15, 0.2) is 5.69 Å². The fourth-order valence-electron chi connectivity index (χ4n) is 1.94. The number of furan rings is 1. The second kappa shape index (κ2) is 6.62. The van der Waals surface area contributed by atoms with Crippen molar-refractivity contribution in [3.8, 4) is 11.3 Å². The molecule has 0 aliphatic heterocycles. The molecule has 2 N–H and O–H groups in total. The number of rotatable bonds is 4. The highest BCUT2D eigenvalue weighted by Crippen LogP contribution is 2.23. The van der Waals surface area contributed by atoms with E-state index in [4.69, 9.17) is 4.42 Å². The molecule has 0 fully saturated rings. The zero-order valence-corrected chi connectivity index (χ0v) is 13.8. The SMILES string of the molecule is Cc1cc(C(=O)N/N=C\c2ccc(-c3ccc(Br)cc3)o2)n[nH]1. The van der Waals surface area contributed by atoms with Gasteiger partial charge < -0.3 is 4.42 Å². The zero-order valence-electron chi connectivity index (χ0n) is 12.2. The first-order chi connectivity index (χ1) is 11.1. The van der Waals surface area contributed by atoms with Crippen LogP contribution >= 0.6 is 15.9 Å². The molecule has 0 saturated heterocycles. The lowest BCUT2D eigenvalue weighted by Gasteiger charge is -1.96. The number of halogens is 1. The van der Waals surface area contributed by atoms with E-state index in [-0.39, 0.29) is 11.6 Å². The van der Waals surface area contributed by atoms with Gasteiger partial charge in [-0.2, -0.15) is 10.2 Å². The normalized spacial score (nSPS) is 11.0. The summed E-state index contributed by atoms with van der Waals surface area (Å²) in [4.78, 5) is 11.8. The smallest absolute Gasteiger partial charge is 0.291 e. The minimum absolute atomic E-state index is 0.287. The number of carbonyl (C=O) groups excluding carboxylic acids is 1. The first-order valence-corrected chi connectivity index (χ1v) is 7.62. The van der Waals surface area contributed by atoms with Crippen LogP contribution in [-0.2, 0) is 0 Å². The highest BCUT2D eigenvalue weighted by atomic mass is 79.9. The molecule has 2 heterocycles. The van der Waals surface area contributed by atoms with Gasteiger partial charge in [-0.05, 0) is 37.3 Å². The maximum absolute atomic E-state index is 11.8. The Balaban J connectivity index is 1.64. The van der Waals surface area contributed by atoms with E-state index < -0.39 is 0 Å². The molecule has 0 radical (unpaired) electrons. The Morgan fingerprint density at radius 2 is 2.09 bits per heavy atom. The van der Waals surface area contributed by atoms with E-state index in [9.17, 15) is 4.79 Å². The second-order valence-corrected chi connectivity index (χ2v) is 5.76. The molecule has 6 nitrogen and oxygen atoms in total. The van der Waals surface area contributed by atoms with Gasteiger partial charge in [-0.3, -0.25) is 9.89 Å². The van der Waals surface area contributed by atoms with Crippen molar-refractivity contribution in [1.82, 2.24) is 15.6 Å². The summed E-state index contributed by atoms with van der Waals surface area (Å²) >= 11 is 3.39. The highest BCUT2D eigenvalue weighted by Gasteiger charge is 2.08. The van der Waals surface area contributed by atoms with Crippen LogP contribution in [0.5, 0.6) is 0 Å². The summed E-state index contributed by atoms with van der Waals surface area (Å²) in [7, 11) is 0. The van der Waals surface area contributed by atoms with E-state index in [1.54, 1.807) is 12.1 Å². The van der Waals surface area contributed by atoms with Gasteiger partial charge in [0.2, 0.25) is 0 Å². The van der Waals surface area contributed by atoms with E-state index in [1.807, 2.05) is 37.3 Å². The molecule has 0 unspecified atom stereocenters. The standard InChI is InChI=1S/C16H13BrN4O2/c1-10-8-14(20-19-10)16(22)21-18-9-13-6-7-15(23-13)11-2-4-12(17)5-3-11/h2-9H,1H3,(H,19,20)(H,21,22)/b18-9-. The Morgan fingerprint density at radius 3 is 2.78 bits per heavy atom. The largest absolute Gasteiger partial charge is 0.455 e. The van der Waals surface area contributed by atoms with Gasteiger partial charge in [0, 0.05) is 15.7 Å². The van der Waals surface area contributed by atoms with Gasteiger partial charge in [0.1, 0.15) is 11.5 Å². The molecule has 3 rings (SSSR count). The molecule has 2 aromatic heterocycles. The summed E-state index contributed by atoms with van der Waals surface area (Å²) in [6, 6.07) is 13.1. The van der Waals surface area contributed by atoms with Gasteiger partial charge in [-0.25, -0.2) is 5.43 Å². The van der Waals surface area contributed by atoms with Crippen molar-refractivity contribution in [3.05, 3.63) is 64.1 Å². The minimum Gasteiger partial charge on any atom is -0.455 e. The van der Waals surface area contributed by atoms with Crippen LogP contribution in [-0.4, -0.2) is 22.3 Å². The van der Waals surface area contributed by atoms with Gasteiger partial charge in [0.25, 0.3) is 5.91 Å². The minimum atomic E-state index is -0.384. The van der Waals surface area contributed by atoms with Crippen LogP contribution in [0.2, 0.25) is 0 Å². The number of nitrogens with one attached hydrogen (secondary N) is 2. The van der Waals surface area contributed by atoms with E-state index in [1.165, 1.54) is 6.21 Å². The number of H-pyrrole nitrogens is 1. The van der Waals surface area contributed by atoms with Crippen LogP contribution < -0.4 is 5.43 Å². The first kappa shape index (κ1) is 15.2. The van der Waals surface area contributed by atoms with Crippen molar-refractivity contribution in [2.75, 3.05) is 0 Å². The molecule has 0 bridgehead atoms. The summed E-state index contributed by atoms with van der Waals surface area (Å²) in [6.07, 6.45) is 1.44. The van der Waals surface area contributed by atoms with E-state index in [2.05, 4.69) is 36.7 Å². The fraction of sp³-hybridized carbons (Fsp3) is 0.0625. The van der Waals surface area contributed by atoms with Crippen LogP contribution in [0.25, 0.3) is 11.3 Å². The quantitative estimate of drug-likeness (QED) is 0.542. The monoisotopic (exact) mass is 372 g/mol. The van der Waals surface area contributed by atoms with Crippen molar-refractivity contribution in [2.24, 2.45) is 5.10 Å². The Labute approximate surface area is 140 Å². The number of aromatic amines is 1. The third-order valence-corrected chi connectivity index (χ3v) is 3.58. The van der Waals surface area contributed by atoms with Crippen LogP contribution in [0.3, 0.4) is 0 Å². The molecule has 0 aliphatic rings. The molecule has 0 saturated carbocycles. The fourth-order valence-corrected chi connectivity index (χ4v) is 2.20. The Kier molecular flexibility index (Phi) is 4.38. The number of hydrogen-bond donors (Lipinski definition) is 2. The molecule has 1 amide bonds. The molecule has 0 spiro atoms. The number of nitrogens with zero attached hydrogens (tertiary/aromatic N) is 2. The van der Waals surface area contributed by atoms with Crippen molar-refractivity contribution in [1.29, 1.82) is 0 Å². The second-order valence-electron chi connectivity index (χ2n) is 4.84. The van der Waals surface area contributed by atoms with E-state index in [0.29, 0.717) is 5.76 Å². The summed E-state index contributed by atoms with van der Waals surface area (Å²) in [5, 5.41) is 10.4. The lowest BCUT2D eigenvalue weighted by atomic mass is 10.2. The Morgan fingerprint density at radius 1 is 1.30 bits per heavy atom. The number of hydrazone groups is 1. The van der Waals surface area contributed by atoms with Crippen LogP contribution in [0.4, 0.5) is 0 Å².